The fourth-order valence-electron chi connectivity index (χ4n) is 3.64. The summed E-state index contributed by atoms with van der Waals surface area (Å²) >= 11 is 0. The van der Waals surface area contributed by atoms with Crippen molar-refractivity contribution in [2.75, 3.05) is 5.73 Å². The van der Waals surface area contributed by atoms with Gasteiger partial charge in [-0.1, -0.05) is 25.9 Å². The molecule has 0 radical (unpaired) electrons. The zero-order valence-electron chi connectivity index (χ0n) is 20.0. The minimum absolute atomic E-state index is 0.0279. The van der Waals surface area contributed by atoms with Crippen LogP contribution in [0.1, 0.15) is 81.0 Å². The molecule has 9 nitrogen and oxygen atoms in total. The fraction of sp³-hybridized carbons (Fsp3) is 0.458. The Morgan fingerprint density at radius 2 is 1.88 bits per heavy atom. The zero-order chi connectivity index (χ0) is 24.5. The maximum Gasteiger partial charge on any atom is 0.254 e. The van der Waals surface area contributed by atoms with E-state index in [1.807, 2.05) is 19.9 Å². The molecular weight excluding hydrogens is 420 g/mol. The molecule has 0 fully saturated rings. The molecule has 0 bridgehead atoms. The van der Waals surface area contributed by atoms with E-state index in [0.717, 1.165) is 12.1 Å². The van der Waals surface area contributed by atoms with Crippen LogP contribution in [-0.2, 0) is 17.6 Å². The Morgan fingerprint density at radius 3 is 2.42 bits per heavy atom. The Labute approximate surface area is 193 Å². The maximum absolute atomic E-state index is 12.8. The number of nitrogen functional groups attached to an aromatic ring is 1. The van der Waals surface area contributed by atoms with E-state index in [1.54, 1.807) is 29.9 Å². The van der Waals surface area contributed by atoms with Crippen molar-refractivity contribution in [1.29, 1.82) is 0 Å². The molecule has 1 amide bonds. The topological polar surface area (TPSA) is 143 Å². The lowest BCUT2D eigenvalue weighted by molar-refractivity contribution is -0.119. The molecule has 0 saturated heterocycles. The molecule has 176 valence electrons. The number of ketones is 1. The second kappa shape index (κ2) is 9.17. The summed E-state index contributed by atoms with van der Waals surface area (Å²) in [7, 11) is 0. The molecule has 3 aromatic heterocycles. The van der Waals surface area contributed by atoms with Gasteiger partial charge in [0.2, 0.25) is 0 Å². The summed E-state index contributed by atoms with van der Waals surface area (Å²) in [5, 5.41) is 8.53. The lowest BCUT2D eigenvalue weighted by atomic mass is 9.90. The Kier molecular flexibility index (Phi) is 6.71. The van der Waals surface area contributed by atoms with Gasteiger partial charge in [0.05, 0.1) is 23.7 Å². The molecule has 0 aliphatic rings. The highest BCUT2D eigenvalue weighted by Crippen LogP contribution is 2.29. The number of pyridine rings is 1. The number of hydrogen-bond acceptors (Lipinski definition) is 7. The van der Waals surface area contributed by atoms with E-state index in [-0.39, 0.29) is 35.0 Å². The van der Waals surface area contributed by atoms with Crippen molar-refractivity contribution in [1.82, 2.24) is 19.9 Å². The van der Waals surface area contributed by atoms with Gasteiger partial charge in [-0.25, -0.2) is 4.68 Å². The van der Waals surface area contributed by atoms with E-state index in [2.05, 4.69) is 36.0 Å². The summed E-state index contributed by atoms with van der Waals surface area (Å²) in [6.45, 7) is 12.0. The molecule has 0 saturated carbocycles. The lowest BCUT2D eigenvalue weighted by Gasteiger charge is -2.15. The molecule has 0 spiro atoms. The number of nitrogens with zero attached hydrogens (tertiary/aromatic N) is 4. The zero-order valence-corrected chi connectivity index (χ0v) is 20.0. The first-order valence-corrected chi connectivity index (χ1v) is 11.0. The summed E-state index contributed by atoms with van der Waals surface area (Å²) < 4.78 is 6.91. The number of carbonyl (C=O) groups is 2. The summed E-state index contributed by atoms with van der Waals surface area (Å²) in [5.41, 5.74) is 14.3. The van der Waals surface area contributed by atoms with Crippen molar-refractivity contribution >= 4 is 17.5 Å². The molecule has 0 aliphatic heterocycles. The smallest absolute Gasteiger partial charge is 0.254 e. The molecular formula is C24H32N6O3. The lowest BCUT2D eigenvalue weighted by Crippen LogP contribution is -2.15. The molecule has 4 N–H and O–H groups in total. The van der Waals surface area contributed by atoms with Crippen molar-refractivity contribution in [2.45, 2.75) is 66.3 Å². The van der Waals surface area contributed by atoms with Crippen LogP contribution in [0.4, 0.5) is 5.82 Å². The van der Waals surface area contributed by atoms with Crippen molar-refractivity contribution in [3.8, 4) is 11.3 Å². The first kappa shape index (κ1) is 24.2. The van der Waals surface area contributed by atoms with Gasteiger partial charge in [-0.05, 0) is 44.7 Å². The summed E-state index contributed by atoms with van der Waals surface area (Å²) in [6.07, 6.45) is 2.49. The van der Waals surface area contributed by atoms with Crippen LogP contribution in [0.15, 0.2) is 28.9 Å². The van der Waals surface area contributed by atoms with Crippen molar-refractivity contribution in [2.24, 2.45) is 11.1 Å². The third-order valence-corrected chi connectivity index (χ3v) is 5.34. The first-order chi connectivity index (χ1) is 15.4. The highest BCUT2D eigenvalue weighted by molar-refractivity contribution is 6.03. The highest BCUT2D eigenvalue weighted by atomic mass is 16.5. The van der Waals surface area contributed by atoms with Crippen LogP contribution in [0.2, 0.25) is 0 Å². The molecule has 3 aromatic rings. The predicted molar refractivity (Wildman–Crippen MR) is 126 cm³/mol. The Balaban J connectivity index is 1.77. The molecule has 33 heavy (non-hydrogen) atoms. The number of Topliss-reactive ketones (excluding diaryl/α,β-unsaturated/α-hetero) is 1. The van der Waals surface area contributed by atoms with Gasteiger partial charge in [-0.3, -0.25) is 14.6 Å². The molecule has 1 atom stereocenters. The second-order valence-corrected chi connectivity index (χ2v) is 9.87. The average Bonchev–Trinajstić information content (AvgIpc) is 3.29. The molecule has 9 heteroatoms. The minimum Gasteiger partial charge on any atom is -0.383 e. The molecule has 1 unspecified atom stereocenters. The van der Waals surface area contributed by atoms with Gasteiger partial charge in [0.15, 0.2) is 0 Å². The van der Waals surface area contributed by atoms with Gasteiger partial charge in [0.25, 0.3) is 5.91 Å². The number of aromatic nitrogens is 4. The summed E-state index contributed by atoms with van der Waals surface area (Å²) in [5.74, 6) is -0.356. The van der Waals surface area contributed by atoms with Crippen LogP contribution in [0.3, 0.4) is 0 Å². The van der Waals surface area contributed by atoms with Gasteiger partial charge in [0.1, 0.15) is 28.6 Å². The number of primary amides is 1. The van der Waals surface area contributed by atoms with E-state index in [9.17, 15) is 9.59 Å². The van der Waals surface area contributed by atoms with Crippen LogP contribution in [-0.4, -0.2) is 31.6 Å². The molecule has 0 aromatic carbocycles. The quantitative estimate of drug-likeness (QED) is 0.530. The second-order valence-electron chi connectivity index (χ2n) is 9.87. The highest BCUT2D eigenvalue weighted by Gasteiger charge is 2.24. The van der Waals surface area contributed by atoms with Gasteiger partial charge >= 0.3 is 0 Å². The van der Waals surface area contributed by atoms with E-state index in [0.29, 0.717) is 22.7 Å². The number of hydrogen-bond donors (Lipinski definition) is 2. The van der Waals surface area contributed by atoms with E-state index in [4.69, 9.17) is 16.0 Å². The third kappa shape index (κ3) is 5.47. The van der Waals surface area contributed by atoms with Crippen molar-refractivity contribution in [3.05, 3.63) is 47.1 Å². The molecule has 3 heterocycles. The van der Waals surface area contributed by atoms with Crippen LogP contribution in [0.25, 0.3) is 11.3 Å². The maximum atomic E-state index is 12.8. The number of anilines is 1. The van der Waals surface area contributed by atoms with Crippen LogP contribution >= 0.6 is 0 Å². The van der Waals surface area contributed by atoms with E-state index in [1.165, 1.54) is 0 Å². The van der Waals surface area contributed by atoms with Gasteiger partial charge in [0, 0.05) is 23.9 Å². The normalized spacial score (nSPS) is 12.8. The number of nitrogens with two attached hydrogens (primary N) is 2. The van der Waals surface area contributed by atoms with Crippen LogP contribution < -0.4 is 11.5 Å². The number of amides is 1. The summed E-state index contributed by atoms with van der Waals surface area (Å²) in [4.78, 5) is 29.2. The SMILES string of the molecule is CC(C(=O)Cc1cc(CC(C)(C)C)no1)c1ccc(-c2nn(C(C)C)c(N)c2C(N)=O)cn1. The van der Waals surface area contributed by atoms with Crippen LogP contribution in [0, 0.1) is 5.41 Å². The van der Waals surface area contributed by atoms with Crippen molar-refractivity contribution in [3.63, 3.8) is 0 Å². The van der Waals surface area contributed by atoms with Gasteiger partial charge in [-0.15, -0.1) is 0 Å². The van der Waals surface area contributed by atoms with Crippen LogP contribution in [0.5, 0.6) is 0 Å². The van der Waals surface area contributed by atoms with E-state index < -0.39 is 11.8 Å². The number of rotatable bonds is 8. The first-order valence-electron chi connectivity index (χ1n) is 11.0. The molecule has 0 aliphatic carbocycles. The standard InChI is InChI=1S/C24H32N6O3/c1-13(2)30-22(25)20(23(26)32)21(28-30)15-7-8-18(27-12-15)14(3)19(31)10-17-9-16(29-33-17)11-24(4,5)6/h7-9,12-14H,10-11,25H2,1-6H3,(H2,26,32). The van der Waals surface area contributed by atoms with Crippen molar-refractivity contribution < 1.29 is 14.1 Å². The average molecular weight is 453 g/mol. The third-order valence-electron chi connectivity index (χ3n) is 5.34. The van der Waals surface area contributed by atoms with Gasteiger partial charge in [-0.2, -0.15) is 5.10 Å². The van der Waals surface area contributed by atoms with E-state index >= 15 is 0 Å². The largest absolute Gasteiger partial charge is 0.383 e. The Bertz CT molecular complexity index is 1150. The van der Waals surface area contributed by atoms with Gasteiger partial charge < -0.3 is 16.0 Å². The Hall–Kier alpha value is -3.49. The Morgan fingerprint density at radius 1 is 1.18 bits per heavy atom. The predicted octanol–water partition coefficient (Wildman–Crippen LogP) is 3.70. The number of carbonyl (C=O) groups excluding carboxylic acids is 2. The fourth-order valence-corrected chi connectivity index (χ4v) is 3.64. The minimum atomic E-state index is -0.653. The molecule has 3 rings (SSSR count). The monoisotopic (exact) mass is 452 g/mol. The summed E-state index contributed by atoms with van der Waals surface area (Å²) in [6, 6.07) is 5.31.